The van der Waals surface area contributed by atoms with Crippen molar-refractivity contribution in [1.82, 2.24) is 0 Å². The van der Waals surface area contributed by atoms with E-state index in [0.717, 1.165) is 5.92 Å². The topological polar surface area (TPSA) is 0 Å². The summed E-state index contributed by atoms with van der Waals surface area (Å²) in [4.78, 5) is 3.58. The zero-order valence-corrected chi connectivity index (χ0v) is 10.9. The van der Waals surface area contributed by atoms with Crippen molar-refractivity contribution >= 4 is 15.3 Å². The summed E-state index contributed by atoms with van der Waals surface area (Å²) in [7, 11) is 0.498. The van der Waals surface area contributed by atoms with Crippen molar-refractivity contribution in [3.63, 3.8) is 0 Å². The lowest BCUT2D eigenvalue weighted by atomic mass is 9.84. The molecule has 0 aromatic heterocycles. The summed E-state index contributed by atoms with van der Waals surface area (Å²) in [5.74, 6) is 2.22. The van der Waals surface area contributed by atoms with Gasteiger partial charge in [0, 0.05) is 10.8 Å². The summed E-state index contributed by atoms with van der Waals surface area (Å²) in [5.41, 5.74) is 1.67. The van der Waals surface area contributed by atoms with Crippen LogP contribution in [0.15, 0.2) is 29.2 Å². The fraction of sp³-hybridized carbons (Fsp3) is 0.533. The maximum atomic E-state index is 2.39. The van der Waals surface area contributed by atoms with Crippen molar-refractivity contribution in [3.8, 4) is 0 Å². The lowest BCUT2D eigenvalue weighted by molar-refractivity contribution is 0.620. The molecule has 0 bridgehead atoms. The van der Waals surface area contributed by atoms with Crippen molar-refractivity contribution in [3.05, 3.63) is 29.8 Å². The van der Waals surface area contributed by atoms with E-state index in [1.807, 2.05) is 4.86 Å². The second kappa shape index (κ2) is 4.37. The van der Waals surface area contributed by atoms with E-state index in [4.69, 9.17) is 0 Å². The molecule has 0 spiro atoms. The Morgan fingerprint density at radius 3 is 3.00 bits per heavy atom. The van der Waals surface area contributed by atoms with Crippen molar-refractivity contribution in [2.75, 3.05) is 5.75 Å². The molecule has 0 N–H and O–H groups in total. The van der Waals surface area contributed by atoms with Crippen LogP contribution in [0.25, 0.3) is 0 Å². The van der Waals surface area contributed by atoms with Crippen molar-refractivity contribution in [2.45, 2.75) is 49.8 Å². The van der Waals surface area contributed by atoms with Crippen molar-refractivity contribution < 1.29 is 0 Å². The van der Waals surface area contributed by atoms with Gasteiger partial charge in [-0.1, -0.05) is 31.5 Å². The lowest BCUT2D eigenvalue weighted by Crippen LogP contribution is -2.13. The van der Waals surface area contributed by atoms with Crippen LogP contribution in [0.3, 0.4) is 0 Å². The highest BCUT2D eigenvalue weighted by atomic mass is 32.2. The first-order chi connectivity index (χ1) is 7.92. The molecule has 0 amide bonds. The van der Waals surface area contributed by atoms with E-state index < -0.39 is 0 Å². The predicted octanol–water partition coefficient (Wildman–Crippen LogP) is 4.57. The van der Waals surface area contributed by atoms with Crippen LogP contribution in [0.5, 0.6) is 0 Å². The summed E-state index contributed by atoms with van der Waals surface area (Å²) in [6, 6.07) is 9.23. The first kappa shape index (κ1) is 10.6. The molecule has 3 rings (SSSR count). The molecule has 2 unspecified atom stereocenters. The largest absolute Gasteiger partial charge is 0.155 e. The molecule has 0 radical (unpaired) electrons. The molecule has 1 aliphatic heterocycles. The van der Waals surface area contributed by atoms with E-state index in [1.54, 1.807) is 10.5 Å². The van der Waals surface area contributed by atoms with Crippen LogP contribution in [0, 0.1) is 0 Å². The Balaban J connectivity index is 2.09. The molecule has 2 atom stereocenters. The molecule has 1 aromatic rings. The zero-order valence-electron chi connectivity index (χ0n) is 10.0. The van der Waals surface area contributed by atoms with E-state index in [0.29, 0.717) is 10.5 Å². The Kier molecular flexibility index (Phi) is 2.89. The van der Waals surface area contributed by atoms with Crippen LogP contribution in [0.1, 0.15) is 50.5 Å². The standard InChI is InChI=1S/C15H20S/c1-2-11-16-14-9-5-3-7-12(14)13-8-4-6-10-15(13)16/h3,5,7,9,13H,2,4,6,8,10-11H2,1H3. The fourth-order valence-electron chi connectivity index (χ4n) is 3.19. The second-order valence-corrected chi connectivity index (χ2v) is 7.05. The Morgan fingerprint density at radius 1 is 1.25 bits per heavy atom. The zero-order chi connectivity index (χ0) is 11.0. The number of hydrogen-bond acceptors (Lipinski definition) is 0. The minimum atomic E-state index is 0.498. The molecule has 0 saturated heterocycles. The van der Waals surface area contributed by atoms with Gasteiger partial charge in [0.15, 0.2) is 0 Å². The van der Waals surface area contributed by atoms with Gasteiger partial charge in [-0.15, -0.1) is 0 Å². The summed E-state index contributed by atoms with van der Waals surface area (Å²) >= 11 is 0. The third kappa shape index (κ3) is 1.57. The van der Waals surface area contributed by atoms with Gasteiger partial charge >= 0.3 is 0 Å². The minimum Gasteiger partial charge on any atom is -0.155 e. The maximum Gasteiger partial charge on any atom is 0.0117 e. The third-order valence-electron chi connectivity index (χ3n) is 3.84. The number of fused-ring (bicyclic) bond motifs is 3. The van der Waals surface area contributed by atoms with Gasteiger partial charge in [-0.2, -0.15) is 10.5 Å². The molecule has 0 nitrogen and oxygen atoms in total. The highest BCUT2D eigenvalue weighted by Crippen LogP contribution is 2.49. The second-order valence-electron chi connectivity index (χ2n) is 4.90. The molecule has 1 fully saturated rings. The molecular weight excluding hydrogens is 212 g/mol. The van der Waals surface area contributed by atoms with E-state index >= 15 is 0 Å². The molecule has 1 aliphatic carbocycles. The third-order valence-corrected chi connectivity index (χ3v) is 6.68. The SMILES string of the molecule is CCCS1=C2CCCCC2c2ccccc21. The molecule has 1 aromatic carbocycles. The van der Waals surface area contributed by atoms with E-state index in [2.05, 4.69) is 31.2 Å². The molecular formula is C15H20S. The first-order valence-corrected chi connectivity index (χ1v) is 7.96. The van der Waals surface area contributed by atoms with Gasteiger partial charge in [-0.25, -0.2) is 0 Å². The molecule has 86 valence electrons. The van der Waals surface area contributed by atoms with Gasteiger partial charge in [0.2, 0.25) is 0 Å². The highest BCUT2D eigenvalue weighted by molar-refractivity contribution is 8.16. The Labute approximate surface area is 101 Å². The quantitative estimate of drug-likeness (QED) is 0.655. The number of benzene rings is 1. The van der Waals surface area contributed by atoms with Crippen LogP contribution in [-0.4, -0.2) is 10.6 Å². The molecule has 1 saturated carbocycles. The van der Waals surface area contributed by atoms with Gasteiger partial charge in [0.1, 0.15) is 0 Å². The molecule has 2 aliphatic rings. The minimum absolute atomic E-state index is 0.498. The van der Waals surface area contributed by atoms with Gasteiger partial charge in [-0.3, -0.25) is 0 Å². The first-order valence-electron chi connectivity index (χ1n) is 6.57. The summed E-state index contributed by atoms with van der Waals surface area (Å²) in [5, 5.41) is 0. The average molecular weight is 232 g/mol. The summed E-state index contributed by atoms with van der Waals surface area (Å²) in [6.07, 6.45) is 7.02. The lowest BCUT2D eigenvalue weighted by Gasteiger charge is -2.22. The summed E-state index contributed by atoms with van der Waals surface area (Å²) in [6.45, 7) is 2.33. The Hall–Kier alpha value is -0.560. The Bertz CT molecular complexity index is 431. The van der Waals surface area contributed by atoms with Crippen LogP contribution < -0.4 is 0 Å². The van der Waals surface area contributed by atoms with E-state index in [1.165, 1.54) is 37.9 Å². The van der Waals surface area contributed by atoms with Crippen molar-refractivity contribution in [1.29, 1.82) is 0 Å². The van der Waals surface area contributed by atoms with Gasteiger partial charge in [-0.05, 0) is 47.9 Å². The van der Waals surface area contributed by atoms with Crippen molar-refractivity contribution in [2.24, 2.45) is 0 Å². The summed E-state index contributed by atoms with van der Waals surface area (Å²) < 4.78 is 0. The van der Waals surface area contributed by atoms with E-state index in [-0.39, 0.29) is 0 Å². The molecule has 1 heterocycles. The normalized spacial score (nSPS) is 27.7. The Morgan fingerprint density at radius 2 is 2.12 bits per heavy atom. The van der Waals surface area contributed by atoms with Crippen LogP contribution >= 0.6 is 10.5 Å². The number of rotatable bonds is 2. The smallest absolute Gasteiger partial charge is 0.0117 e. The van der Waals surface area contributed by atoms with Crippen LogP contribution in [-0.2, 0) is 0 Å². The average Bonchev–Trinajstić information content (AvgIpc) is 2.66. The van der Waals surface area contributed by atoms with Crippen LogP contribution in [0.2, 0.25) is 0 Å². The fourth-order valence-corrected chi connectivity index (χ4v) is 6.08. The predicted molar refractivity (Wildman–Crippen MR) is 73.7 cm³/mol. The van der Waals surface area contributed by atoms with E-state index in [9.17, 15) is 0 Å². The molecule has 16 heavy (non-hydrogen) atoms. The van der Waals surface area contributed by atoms with Gasteiger partial charge < -0.3 is 0 Å². The number of hydrogen-bond donors (Lipinski definition) is 0. The molecule has 1 heteroatoms. The van der Waals surface area contributed by atoms with Gasteiger partial charge in [0.25, 0.3) is 0 Å². The monoisotopic (exact) mass is 232 g/mol. The van der Waals surface area contributed by atoms with Crippen LogP contribution in [0.4, 0.5) is 0 Å². The van der Waals surface area contributed by atoms with Gasteiger partial charge in [0.05, 0.1) is 0 Å². The maximum absolute atomic E-state index is 2.39. The highest BCUT2D eigenvalue weighted by Gasteiger charge is 2.31.